The third-order valence-corrected chi connectivity index (χ3v) is 3.51. The van der Waals surface area contributed by atoms with Crippen molar-refractivity contribution in [2.75, 3.05) is 26.3 Å². The Kier molecular flexibility index (Phi) is 7.82. The molecule has 1 aliphatic rings. The first-order valence-corrected chi connectivity index (χ1v) is 7.31. The Hall–Kier alpha value is -0.120. The average Bonchev–Trinajstić information content (AvgIpc) is 2.50. The topological polar surface area (TPSA) is 38.5 Å². The van der Waals surface area contributed by atoms with Crippen molar-refractivity contribution in [3.05, 3.63) is 0 Å². The molecule has 0 spiro atoms. The highest BCUT2D eigenvalue weighted by Crippen LogP contribution is 2.19. The summed E-state index contributed by atoms with van der Waals surface area (Å²) in [5.74, 6) is 0. The Balaban J connectivity index is 2.33. The minimum absolute atomic E-state index is 0.317. The van der Waals surface area contributed by atoms with Crippen LogP contribution < -0.4 is 5.73 Å². The lowest BCUT2D eigenvalue weighted by atomic mass is 10.0. The van der Waals surface area contributed by atoms with Crippen LogP contribution in [0.3, 0.4) is 0 Å². The second-order valence-electron chi connectivity index (χ2n) is 5.36. The van der Waals surface area contributed by atoms with Crippen molar-refractivity contribution in [1.82, 2.24) is 4.90 Å². The van der Waals surface area contributed by atoms with Crippen molar-refractivity contribution >= 4 is 0 Å². The average molecular weight is 242 g/mol. The summed E-state index contributed by atoms with van der Waals surface area (Å²) < 4.78 is 5.61. The van der Waals surface area contributed by atoms with Crippen molar-refractivity contribution in [3.63, 3.8) is 0 Å². The highest BCUT2D eigenvalue weighted by molar-refractivity contribution is 4.78. The maximum Gasteiger partial charge on any atom is 0.0593 e. The number of rotatable bonds is 7. The van der Waals surface area contributed by atoms with E-state index in [9.17, 15) is 0 Å². The fourth-order valence-electron chi connectivity index (χ4n) is 2.66. The number of nitrogens with zero attached hydrogens (tertiary/aromatic N) is 1. The van der Waals surface area contributed by atoms with Gasteiger partial charge in [-0.25, -0.2) is 0 Å². The molecular formula is C14H30N2O. The van der Waals surface area contributed by atoms with Gasteiger partial charge in [-0.15, -0.1) is 0 Å². The molecule has 0 aromatic carbocycles. The zero-order valence-corrected chi connectivity index (χ0v) is 11.7. The molecule has 2 atom stereocenters. The summed E-state index contributed by atoms with van der Waals surface area (Å²) in [5.41, 5.74) is 5.95. The smallest absolute Gasteiger partial charge is 0.0593 e. The first-order valence-electron chi connectivity index (χ1n) is 7.31. The molecule has 2 N–H and O–H groups in total. The largest absolute Gasteiger partial charge is 0.380 e. The molecule has 1 saturated heterocycles. The second-order valence-corrected chi connectivity index (χ2v) is 5.36. The molecule has 1 rings (SSSR count). The van der Waals surface area contributed by atoms with E-state index < -0.39 is 0 Å². The van der Waals surface area contributed by atoms with E-state index in [1.54, 1.807) is 0 Å². The van der Waals surface area contributed by atoms with Crippen molar-refractivity contribution in [2.24, 2.45) is 5.73 Å². The molecule has 2 unspecified atom stereocenters. The maximum atomic E-state index is 5.95. The van der Waals surface area contributed by atoms with Crippen LogP contribution >= 0.6 is 0 Å². The van der Waals surface area contributed by atoms with Gasteiger partial charge in [-0.05, 0) is 39.2 Å². The van der Waals surface area contributed by atoms with Gasteiger partial charge in [0.25, 0.3) is 0 Å². The van der Waals surface area contributed by atoms with Gasteiger partial charge >= 0.3 is 0 Å². The van der Waals surface area contributed by atoms with E-state index in [1.165, 1.54) is 32.2 Å². The Bertz CT molecular complexity index is 185. The summed E-state index contributed by atoms with van der Waals surface area (Å²) >= 11 is 0. The fraction of sp³-hybridized carbons (Fsp3) is 1.00. The van der Waals surface area contributed by atoms with Crippen molar-refractivity contribution in [1.29, 1.82) is 0 Å². The SMILES string of the molecule is CCCOCCN1CCCCCC1CC(C)N. The molecule has 1 heterocycles. The molecule has 0 radical (unpaired) electrons. The number of hydrogen-bond donors (Lipinski definition) is 1. The molecule has 17 heavy (non-hydrogen) atoms. The molecule has 0 amide bonds. The Morgan fingerprint density at radius 1 is 1.29 bits per heavy atom. The fourth-order valence-corrected chi connectivity index (χ4v) is 2.66. The second kappa shape index (κ2) is 8.90. The van der Waals surface area contributed by atoms with Gasteiger partial charge < -0.3 is 10.5 Å². The first-order chi connectivity index (χ1) is 8.24. The zero-order chi connectivity index (χ0) is 12.5. The molecule has 0 aliphatic carbocycles. The first kappa shape index (κ1) is 14.9. The van der Waals surface area contributed by atoms with Crippen LogP contribution in [0.4, 0.5) is 0 Å². The normalized spacial score (nSPS) is 24.5. The molecule has 3 heteroatoms. The van der Waals surface area contributed by atoms with Crippen LogP contribution in [0.25, 0.3) is 0 Å². The number of hydrogen-bond acceptors (Lipinski definition) is 3. The molecule has 102 valence electrons. The molecule has 0 bridgehead atoms. The summed E-state index contributed by atoms with van der Waals surface area (Å²) in [4.78, 5) is 2.60. The van der Waals surface area contributed by atoms with E-state index >= 15 is 0 Å². The van der Waals surface area contributed by atoms with E-state index in [0.29, 0.717) is 12.1 Å². The van der Waals surface area contributed by atoms with E-state index in [-0.39, 0.29) is 0 Å². The molecule has 0 saturated carbocycles. The lowest BCUT2D eigenvalue weighted by molar-refractivity contribution is 0.0844. The van der Waals surface area contributed by atoms with Crippen LogP contribution in [0.1, 0.15) is 52.4 Å². The Labute approximate surface area is 107 Å². The minimum atomic E-state index is 0.317. The van der Waals surface area contributed by atoms with E-state index in [2.05, 4.69) is 18.7 Å². The van der Waals surface area contributed by atoms with Crippen LogP contribution in [0, 0.1) is 0 Å². The van der Waals surface area contributed by atoms with E-state index in [4.69, 9.17) is 10.5 Å². The van der Waals surface area contributed by atoms with Crippen molar-refractivity contribution in [2.45, 2.75) is 64.5 Å². The number of ether oxygens (including phenoxy) is 1. The Morgan fingerprint density at radius 3 is 2.82 bits per heavy atom. The maximum absolute atomic E-state index is 5.95. The highest BCUT2D eigenvalue weighted by Gasteiger charge is 2.21. The number of nitrogens with two attached hydrogens (primary N) is 1. The predicted octanol–water partition coefficient (Wildman–Crippen LogP) is 2.39. The monoisotopic (exact) mass is 242 g/mol. The van der Waals surface area contributed by atoms with Gasteiger partial charge in [-0.1, -0.05) is 19.8 Å². The van der Waals surface area contributed by atoms with E-state index in [1.807, 2.05) is 0 Å². The predicted molar refractivity (Wildman–Crippen MR) is 73.2 cm³/mol. The molecule has 0 aromatic rings. The third kappa shape index (κ3) is 6.39. The molecular weight excluding hydrogens is 212 g/mol. The van der Waals surface area contributed by atoms with Crippen molar-refractivity contribution < 1.29 is 4.74 Å². The standard InChI is InChI=1S/C14H30N2O/c1-3-10-17-11-9-16-8-6-4-5-7-14(16)12-13(2)15/h13-14H,3-12,15H2,1-2H3. The van der Waals surface area contributed by atoms with Gasteiger partial charge in [0, 0.05) is 25.2 Å². The quantitative estimate of drug-likeness (QED) is 0.697. The van der Waals surface area contributed by atoms with Gasteiger partial charge in [-0.3, -0.25) is 4.90 Å². The van der Waals surface area contributed by atoms with E-state index in [0.717, 1.165) is 32.6 Å². The molecule has 1 aliphatic heterocycles. The summed E-state index contributed by atoms with van der Waals surface area (Å²) in [6.45, 7) is 8.36. The molecule has 1 fully saturated rings. The summed E-state index contributed by atoms with van der Waals surface area (Å²) in [7, 11) is 0. The summed E-state index contributed by atoms with van der Waals surface area (Å²) in [5, 5.41) is 0. The van der Waals surface area contributed by atoms with Gasteiger partial charge in [0.2, 0.25) is 0 Å². The van der Waals surface area contributed by atoms with Gasteiger partial charge in [0.1, 0.15) is 0 Å². The highest BCUT2D eigenvalue weighted by atomic mass is 16.5. The number of likely N-dealkylation sites (tertiary alicyclic amines) is 1. The lowest BCUT2D eigenvalue weighted by Crippen LogP contribution is -2.40. The van der Waals surface area contributed by atoms with Gasteiger partial charge in [0.05, 0.1) is 6.61 Å². The van der Waals surface area contributed by atoms with Crippen LogP contribution in [-0.4, -0.2) is 43.3 Å². The van der Waals surface area contributed by atoms with Crippen LogP contribution in [-0.2, 0) is 4.74 Å². The van der Waals surface area contributed by atoms with Crippen LogP contribution in [0.2, 0.25) is 0 Å². The Morgan fingerprint density at radius 2 is 2.12 bits per heavy atom. The minimum Gasteiger partial charge on any atom is -0.380 e. The zero-order valence-electron chi connectivity index (χ0n) is 11.7. The van der Waals surface area contributed by atoms with Gasteiger partial charge in [0.15, 0.2) is 0 Å². The van der Waals surface area contributed by atoms with Crippen LogP contribution in [0.5, 0.6) is 0 Å². The lowest BCUT2D eigenvalue weighted by Gasteiger charge is -2.31. The summed E-state index contributed by atoms with van der Waals surface area (Å²) in [6.07, 6.45) is 7.64. The molecule has 0 aromatic heterocycles. The van der Waals surface area contributed by atoms with Crippen LogP contribution in [0.15, 0.2) is 0 Å². The molecule has 3 nitrogen and oxygen atoms in total. The van der Waals surface area contributed by atoms with Gasteiger partial charge in [-0.2, -0.15) is 0 Å². The third-order valence-electron chi connectivity index (χ3n) is 3.51. The van der Waals surface area contributed by atoms with Crippen molar-refractivity contribution in [3.8, 4) is 0 Å². The summed E-state index contributed by atoms with van der Waals surface area (Å²) in [6, 6.07) is 1.000.